The first-order valence-corrected chi connectivity index (χ1v) is 6.43. The molecule has 2 aromatic rings. The number of aliphatic carboxylic acids is 1. The number of phenolic OH excluding ortho intramolecular Hbond substituents is 1. The Morgan fingerprint density at radius 3 is 2.32 bits per heavy atom. The standard InChI is InChI=1S/C16H14O6/c17-13-8-4-5-11(9-13)10-14(18)22-16(21,15(19)20)12-6-2-1-3-7-12/h1-9,17,21H,10H2,(H,19,20). The molecule has 22 heavy (non-hydrogen) atoms. The Kier molecular flexibility index (Phi) is 4.43. The van der Waals surface area contributed by atoms with E-state index in [2.05, 4.69) is 0 Å². The van der Waals surface area contributed by atoms with Crippen LogP contribution in [0.4, 0.5) is 0 Å². The number of ether oxygens (including phenoxy) is 1. The predicted octanol–water partition coefficient (Wildman–Crippen LogP) is 1.41. The van der Waals surface area contributed by atoms with Gasteiger partial charge in [0.1, 0.15) is 5.75 Å². The van der Waals surface area contributed by atoms with E-state index in [1.165, 1.54) is 36.4 Å². The van der Waals surface area contributed by atoms with Gasteiger partial charge in [-0.2, -0.15) is 0 Å². The number of carboxylic acids is 1. The molecule has 2 rings (SSSR count). The van der Waals surface area contributed by atoms with Gasteiger partial charge in [0.25, 0.3) is 0 Å². The highest BCUT2D eigenvalue weighted by Gasteiger charge is 2.42. The molecule has 0 radical (unpaired) electrons. The summed E-state index contributed by atoms with van der Waals surface area (Å²) < 4.78 is 4.76. The monoisotopic (exact) mass is 302 g/mol. The number of phenols is 1. The topological polar surface area (TPSA) is 104 Å². The molecule has 0 saturated carbocycles. The number of carbonyl (C=O) groups is 2. The van der Waals surface area contributed by atoms with Gasteiger partial charge in [0.2, 0.25) is 0 Å². The molecule has 6 nitrogen and oxygen atoms in total. The molecule has 6 heteroatoms. The van der Waals surface area contributed by atoms with Crippen molar-refractivity contribution >= 4 is 11.9 Å². The van der Waals surface area contributed by atoms with Gasteiger partial charge in [-0.1, -0.05) is 42.5 Å². The molecule has 0 bridgehead atoms. The van der Waals surface area contributed by atoms with Crippen LogP contribution < -0.4 is 0 Å². The summed E-state index contributed by atoms with van der Waals surface area (Å²) in [5.41, 5.74) is 0.373. The highest BCUT2D eigenvalue weighted by molar-refractivity contribution is 5.82. The summed E-state index contributed by atoms with van der Waals surface area (Å²) in [5.74, 6) is -5.40. The van der Waals surface area contributed by atoms with Crippen molar-refractivity contribution in [1.82, 2.24) is 0 Å². The van der Waals surface area contributed by atoms with Gasteiger partial charge in [-0.25, -0.2) is 4.79 Å². The van der Waals surface area contributed by atoms with Crippen LogP contribution in [0, 0.1) is 0 Å². The fourth-order valence-corrected chi connectivity index (χ4v) is 1.92. The van der Waals surface area contributed by atoms with Crippen molar-refractivity contribution in [2.75, 3.05) is 0 Å². The first-order valence-electron chi connectivity index (χ1n) is 6.43. The molecular formula is C16H14O6. The zero-order valence-electron chi connectivity index (χ0n) is 11.5. The van der Waals surface area contributed by atoms with Crippen LogP contribution in [0.1, 0.15) is 11.1 Å². The Hall–Kier alpha value is -2.86. The van der Waals surface area contributed by atoms with Crippen LogP contribution in [0.2, 0.25) is 0 Å². The molecule has 0 aromatic heterocycles. The lowest BCUT2D eigenvalue weighted by atomic mass is 10.1. The normalized spacial score (nSPS) is 13.1. The van der Waals surface area contributed by atoms with Gasteiger partial charge >= 0.3 is 17.7 Å². The van der Waals surface area contributed by atoms with Gasteiger partial charge in [-0.05, 0) is 17.7 Å². The van der Waals surface area contributed by atoms with E-state index < -0.39 is 17.7 Å². The van der Waals surface area contributed by atoms with Crippen LogP contribution in [0.15, 0.2) is 54.6 Å². The number of benzene rings is 2. The number of carboxylic acid groups (broad SMARTS) is 1. The van der Waals surface area contributed by atoms with Gasteiger partial charge in [0.15, 0.2) is 0 Å². The van der Waals surface area contributed by atoms with E-state index in [4.69, 9.17) is 4.74 Å². The second-order valence-electron chi connectivity index (χ2n) is 4.64. The minimum absolute atomic E-state index is 0.0261. The van der Waals surface area contributed by atoms with Crippen molar-refractivity contribution in [2.45, 2.75) is 12.2 Å². The molecule has 0 amide bonds. The predicted molar refractivity (Wildman–Crippen MR) is 75.9 cm³/mol. The van der Waals surface area contributed by atoms with E-state index >= 15 is 0 Å². The van der Waals surface area contributed by atoms with Crippen LogP contribution in [0.3, 0.4) is 0 Å². The molecule has 0 aliphatic carbocycles. The maximum Gasteiger partial charge on any atom is 0.382 e. The lowest BCUT2D eigenvalue weighted by Crippen LogP contribution is -2.40. The van der Waals surface area contributed by atoms with E-state index in [-0.39, 0.29) is 17.7 Å². The smallest absolute Gasteiger partial charge is 0.382 e. The van der Waals surface area contributed by atoms with E-state index in [0.717, 1.165) is 0 Å². The number of hydrogen-bond acceptors (Lipinski definition) is 5. The Balaban J connectivity index is 2.18. The number of rotatable bonds is 5. The maximum atomic E-state index is 11.9. The average molecular weight is 302 g/mol. The molecule has 114 valence electrons. The lowest BCUT2D eigenvalue weighted by molar-refractivity contribution is -0.227. The Morgan fingerprint density at radius 2 is 1.73 bits per heavy atom. The van der Waals surface area contributed by atoms with Crippen LogP contribution in [0.25, 0.3) is 0 Å². The third kappa shape index (κ3) is 3.42. The van der Waals surface area contributed by atoms with E-state index in [1.54, 1.807) is 18.2 Å². The second kappa shape index (κ2) is 6.28. The minimum atomic E-state index is -2.75. The van der Waals surface area contributed by atoms with Gasteiger partial charge in [-0.3, -0.25) is 4.79 Å². The number of aliphatic hydroxyl groups is 1. The molecular weight excluding hydrogens is 288 g/mol. The van der Waals surface area contributed by atoms with Crippen molar-refractivity contribution in [2.24, 2.45) is 0 Å². The third-order valence-electron chi connectivity index (χ3n) is 2.98. The number of esters is 1. The van der Waals surface area contributed by atoms with E-state index in [9.17, 15) is 24.9 Å². The molecule has 0 saturated heterocycles. The summed E-state index contributed by atoms with van der Waals surface area (Å²) in [6.45, 7) is 0. The fraction of sp³-hybridized carbons (Fsp3) is 0.125. The first kappa shape index (κ1) is 15.5. The molecule has 3 N–H and O–H groups in total. The Labute approximate surface area is 126 Å². The molecule has 2 aromatic carbocycles. The highest BCUT2D eigenvalue weighted by Crippen LogP contribution is 2.24. The average Bonchev–Trinajstić information content (AvgIpc) is 2.47. The van der Waals surface area contributed by atoms with Crippen molar-refractivity contribution in [3.8, 4) is 5.75 Å². The zero-order valence-corrected chi connectivity index (χ0v) is 11.5. The number of carbonyl (C=O) groups excluding carboxylic acids is 1. The number of hydrogen-bond donors (Lipinski definition) is 3. The second-order valence-corrected chi connectivity index (χ2v) is 4.64. The van der Waals surface area contributed by atoms with Crippen LogP contribution in [-0.4, -0.2) is 27.3 Å². The van der Waals surface area contributed by atoms with Crippen molar-refractivity contribution in [3.63, 3.8) is 0 Å². The van der Waals surface area contributed by atoms with Gasteiger partial charge < -0.3 is 20.1 Å². The maximum absolute atomic E-state index is 11.9. The van der Waals surface area contributed by atoms with E-state index in [1.807, 2.05) is 0 Å². The summed E-state index contributed by atoms with van der Waals surface area (Å²) in [6, 6.07) is 13.3. The number of aromatic hydroxyl groups is 1. The molecule has 1 unspecified atom stereocenters. The van der Waals surface area contributed by atoms with Crippen molar-refractivity contribution in [3.05, 3.63) is 65.7 Å². The molecule has 0 heterocycles. The van der Waals surface area contributed by atoms with E-state index in [0.29, 0.717) is 5.56 Å². The SMILES string of the molecule is O=C(Cc1cccc(O)c1)OC(O)(C(=O)O)c1ccccc1. The fourth-order valence-electron chi connectivity index (χ4n) is 1.92. The van der Waals surface area contributed by atoms with Crippen LogP contribution >= 0.6 is 0 Å². The van der Waals surface area contributed by atoms with Crippen molar-refractivity contribution < 1.29 is 29.6 Å². The Bertz CT molecular complexity index is 682. The van der Waals surface area contributed by atoms with Gasteiger partial charge in [0, 0.05) is 5.56 Å². The molecule has 1 atom stereocenters. The Morgan fingerprint density at radius 1 is 1.05 bits per heavy atom. The molecule has 0 aliphatic heterocycles. The minimum Gasteiger partial charge on any atom is -0.508 e. The van der Waals surface area contributed by atoms with Crippen LogP contribution in [-0.2, 0) is 26.5 Å². The van der Waals surface area contributed by atoms with Gasteiger partial charge in [0.05, 0.1) is 6.42 Å². The summed E-state index contributed by atoms with van der Waals surface area (Å²) in [4.78, 5) is 23.2. The quantitative estimate of drug-likeness (QED) is 0.570. The van der Waals surface area contributed by atoms with Gasteiger partial charge in [-0.15, -0.1) is 0 Å². The lowest BCUT2D eigenvalue weighted by Gasteiger charge is -2.23. The summed E-state index contributed by atoms with van der Waals surface area (Å²) >= 11 is 0. The zero-order chi connectivity index (χ0) is 16.2. The summed E-state index contributed by atoms with van der Waals surface area (Å²) in [5, 5.41) is 28.7. The first-order chi connectivity index (χ1) is 10.4. The molecule has 0 aliphatic rings. The summed E-state index contributed by atoms with van der Waals surface area (Å²) in [7, 11) is 0. The largest absolute Gasteiger partial charge is 0.508 e. The van der Waals surface area contributed by atoms with Crippen molar-refractivity contribution in [1.29, 1.82) is 0 Å². The third-order valence-corrected chi connectivity index (χ3v) is 2.98. The highest BCUT2D eigenvalue weighted by atomic mass is 16.7. The summed E-state index contributed by atoms with van der Waals surface area (Å²) in [6.07, 6.45) is -0.281. The van der Waals surface area contributed by atoms with Crippen LogP contribution in [0.5, 0.6) is 5.75 Å². The molecule has 0 fully saturated rings. The molecule has 0 spiro atoms.